The number of hydrogen-bond donors (Lipinski definition) is 3. The van der Waals surface area contributed by atoms with Gasteiger partial charge in [0.15, 0.2) is 0 Å². The Morgan fingerprint density at radius 2 is 2.38 bits per heavy atom. The molecule has 2 rings (SSSR count). The summed E-state index contributed by atoms with van der Waals surface area (Å²) in [5, 5.41) is 11.5. The van der Waals surface area contributed by atoms with Gasteiger partial charge in [-0.05, 0) is 12.1 Å². The fourth-order valence-corrected chi connectivity index (χ4v) is 1.29. The predicted molar refractivity (Wildman–Crippen MR) is 56.8 cm³/mol. The highest BCUT2D eigenvalue weighted by Gasteiger charge is 2.12. The number of nitrogens with one attached hydrogen (secondary N) is 1. The molecule has 0 fully saturated rings. The standard InChI is InChI=1S/C9H10N4O3/c1-11-9(15)16-13-7-3-2-5(14)4-6(7)12-8(13)10/h2-4,14H,1H3,(H2,10,12)(H,11,15). The van der Waals surface area contributed by atoms with Gasteiger partial charge in [-0.3, -0.25) is 0 Å². The molecule has 1 aromatic carbocycles. The maximum absolute atomic E-state index is 11.1. The minimum absolute atomic E-state index is 0.0317. The van der Waals surface area contributed by atoms with Crippen molar-refractivity contribution in [2.75, 3.05) is 12.8 Å². The molecule has 7 nitrogen and oxygen atoms in total. The van der Waals surface area contributed by atoms with Gasteiger partial charge in [0.2, 0.25) is 5.95 Å². The van der Waals surface area contributed by atoms with E-state index in [1.807, 2.05) is 0 Å². The quantitative estimate of drug-likeness (QED) is 0.634. The number of nitrogens with zero attached hydrogens (tertiary/aromatic N) is 2. The first-order chi connectivity index (χ1) is 7.61. The third kappa shape index (κ3) is 1.58. The third-order valence-electron chi connectivity index (χ3n) is 2.00. The molecule has 0 aliphatic rings. The van der Waals surface area contributed by atoms with Crippen LogP contribution in [0.2, 0.25) is 0 Å². The molecule has 0 aliphatic carbocycles. The molecule has 0 atom stereocenters. The second kappa shape index (κ2) is 3.61. The summed E-state index contributed by atoms with van der Waals surface area (Å²) in [6, 6.07) is 4.43. The van der Waals surface area contributed by atoms with Crippen molar-refractivity contribution in [3.05, 3.63) is 18.2 Å². The van der Waals surface area contributed by atoms with Crippen LogP contribution in [0.3, 0.4) is 0 Å². The van der Waals surface area contributed by atoms with Gasteiger partial charge < -0.3 is 21.0 Å². The van der Waals surface area contributed by atoms with Gasteiger partial charge in [-0.25, -0.2) is 9.78 Å². The zero-order valence-corrected chi connectivity index (χ0v) is 8.47. The maximum Gasteiger partial charge on any atom is 0.431 e. The molecule has 4 N–H and O–H groups in total. The number of phenols is 1. The number of rotatable bonds is 1. The predicted octanol–water partition coefficient (Wildman–Crippen LogP) is 0.0921. The van der Waals surface area contributed by atoms with Crippen LogP contribution in [0.5, 0.6) is 5.75 Å². The number of anilines is 1. The van der Waals surface area contributed by atoms with Crippen LogP contribution in [0.4, 0.5) is 10.7 Å². The maximum atomic E-state index is 11.1. The Labute approximate surface area is 90.4 Å². The Morgan fingerprint density at radius 1 is 1.62 bits per heavy atom. The Hall–Kier alpha value is -2.44. The van der Waals surface area contributed by atoms with Crippen molar-refractivity contribution in [1.29, 1.82) is 0 Å². The van der Waals surface area contributed by atoms with Gasteiger partial charge in [0.05, 0.1) is 5.52 Å². The fraction of sp³-hybridized carbons (Fsp3) is 0.111. The summed E-state index contributed by atoms with van der Waals surface area (Å²) in [5.41, 5.74) is 6.52. The van der Waals surface area contributed by atoms with Crippen molar-refractivity contribution >= 4 is 23.1 Å². The number of nitrogens with two attached hydrogens (primary N) is 1. The third-order valence-corrected chi connectivity index (χ3v) is 2.00. The van der Waals surface area contributed by atoms with Crippen molar-refractivity contribution in [1.82, 2.24) is 15.0 Å². The van der Waals surface area contributed by atoms with Crippen molar-refractivity contribution in [3.8, 4) is 5.75 Å². The van der Waals surface area contributed by atoms with Crippen LogP contribution in [0.15, 0.2) is 18.2 Å². The Bertz CT molecular complexity index is 549. The van der Waals surface area contributed by atoms with Crippen molar-refractivity contribution in [2.45, 2.75) is 0 Å². The molecule has 0 spiro atoms. The Morgan fingerprint density at radius 3 is 3.06 bits per heavy atom. The first kappa shape index (κ1) is 10.1. The van der Waals surface area contributed by atoms with Gasteiger partial charge in [-0.2, -0.15) is 0 Å². The number of benzene rings is 1. The van der Waals surface area contributed by atoms with E-state index >= 15 is 0 Å². The zero-order chi connectivity index (χ0) is 11.7. The number of fused-ring (bicyclic) bond motifs is 1. The molecule has 7 heteroatoms. The zero-order valence-electron chi connectivity index (χ0n) is 8.47. The highest BCUT2D eigenvalue weighted by atomic mass is 16.7. The smallest absolute Gasteiger partial charge is 0.431 e. The van der Waals surface area contributed by atoms with Crippen LogP contribution in [0, 0.1) is 0 Å². The van der Waals surface area contributed by atoms with Crippen LogP contribution in [-0.4, -0.2) is 28.0 Å². The topological polar surface area (TPSA) is 102 Å². The second-order valence-corrected chi connectivity index (χ2v) is 3.07. The SMILES string of the molecule is CNC(=O)On1c(N)nc2cc(O)ccc21. The van der Waals surface area contributed by atoms with Crippen LogP contribution < -0.4 is 15.9 Å². The summed E-state index contributed by atoms with van der Waals surface area (Å²) in [5.74, 6) is 0.0984. The van der Waals surface area contributed by atoms with E-state index in [-0.39, 0.29) is 11.7 Å². The van der Waals surface area contributed by atoms with Gasteiger partial charge in [-0.15, -0.1) is 4.73 Å². The summed E-state index contributed by atoms with van der Waals surface area (Å²) >= 11 is 0. The Kier molecular flexibility index (Phi) is 2.28. The van der Waals surface area contributed by atoms with E-state index in [1.54, 1.807) is 6.07 Å². The lowest BCUT2D eigenvalue weighted by atomic mass is 10.3. The Balaban J connectivity index is 2.52. The van der Waals surface area contributed by atoms with E-state index in [2.05, 4.69) is 10.3 Å². The summed E-state index contributed by atoms with van der Waals surface area (Å²) in [6.07, 6.45) is -0.654. The molecule has 0 unspecified atom stereocenters. The van der Waals surface area contributed by atoms with Crippen LogP contribution in [0.1, 0.15) is 0 Å². The number of hydrogen-bond acceptors (Lipinski definition) is 5. The molecule has 1 heterocycles. The average molecular weight is 222 g/mol. The van der Waals surface area contributed by atoms with Crippen molar-refractivity contribution in [2.24, 2.45) is 0 Å². The largest absolute Gasteiger partial charge is 0.508 e. The molecule has 16 heavy (non-hydrogen) atoms. The van der Waals surface area contributed by atoms with E-state index in [1.165, 1.54) is 19.2 Å². The van der Waals surface area contributed by atoms with Gasteiger partial charge in [-0.1, -0.05) is 0 Å². The summed E-state index contributed by atoms with van der Waals surface area (Å²) in [6.45, 7) is 0. The first-order valence-corrected chi connectivity index (χ1v) is 4.49. The number of aromatic hydroxyl groups is 1. The first-order valence-electron chi connectivity index (χ1n) is 4.49. The lowest BCUT2D eigenvalue weighted by Gasteiger charge is -2.05. The fourth-order valence-electron chi connectivity index (χ4n) is 1.29. The monoisotopic (exact) mass is 222 g/mol. The van der Waals surface area contributed by atoms with E-state index in [0.717, 1.165) is 4.73 Å². The molecule has 84 valence electrons. The van der Waals surface area contributed by atoms with E-state index < -0.39 is 6.09 Å². The van der Waals surface area contributed by atoms with E-state index in [4.69, 9.17) is 10.6 Å². The van der Waals surface area contributed by atoms with Crippen LogP contribution in [0.25, 0.3) is 11.0 Å². The number of aromatic nitrogens is 2. The minimum Gasteiger partial charge on any atom is -0.508 e. The lowest BCUT2D eigenvalue weighted by Crippen LogP contribution is -2.29. The van der Waals surface area contributed by atoms with Crippen LogP contribution >= 0.6 is 0 Å². The van der Waals surface area contributed by atoms with Crippen molar-refractivity contribution in [3.63, 3.8) is 0 Å². The molecule has 0 saturated heterocycles. The van der Waals surface area contributed by atoms with E-state index in [0.29, 0.717) is 11.0 Å². The molecule has 0 radical (unpaired) electrons. The molecule has 0 bridgehead atoms. The molecule has 0 aliphatic heterocycles. The number of phenolic OH excluding ortho intramolecular Hbond substituents is 1. The molecule has 1 amide bonds. The summed E-state index contributed by atoms with van der Waals surface area (Å²) in [4.78, 5) is 19.9. The van der Waals surface area contributed by atoms with Gasteiger partial charge in [0.25, 0.3) is 0 Å². The van der Waals surface area contributed by atoms with E-state index in [9.17, 15) is 9.90 Å². The molecule has 1 aromatic heterocycles. The highest BCUT2D eigenvalue weighted by molar-refractivity contribution is 5.80. The average Bonchev–Trinajstić information content (AvgIpc) is 2.54. The normalized spacial score (nSPS) is 10.3. The molecular weight excluding hydrogens is 212 g/mol. The molecule has 2 aromatic rings. The van der Waals surface area contributed by atoms with Gasteiger partial charge >= 0.3 is 6.09 Å². The molecule has 0 saturated carbocycles. The number of nitrogen functional groups attached to an aromatic ring is 1. The lowest BCUT2D eigenvalue weighted by molar-refractivity contribution is 0.142. The van der Waals surface area contributed by atoms with Gasteiger partial charge in [0.1, 0.15) is 11.3 Å². The number of carbonyl (C=O) groups is 1. The molecular formula is C9H10N4O3. The van der Waals surface area contributed by atoms with Gasteiger partial charge in [0, 0.05) is 13.1 Å². The number of amides is 1. The minimum atomic E-state index is -0.654. The number of imidazole rings is 1. The van der Waals surface area contributed by atoms with Crippen molar-refractivity contribution < 1.29 is 14.7 Å². The summed E-state index contributed by atoms with van der Waals surface area (Å²) < 4.78 is 1.09. The van der Waals surface area contributed by atoms with Crippen LogP contribution in [-0.2, 0) is 0 Å². The highest BCUT2D eigenvalue weighted by Crippen LogP contribution is 2.20. The number of carbonyl (C=O) groups excluding carboxylic acids is 1. The summed E-state index contributed by atoms with van der Waals surface area (Å²) in [7, 11) is 1.43. The second-order valence-electron chi connectivity index (χ2n) is 3.07.